The Hall–Kier alpha value is -0.810. The van der Waals surface area contributed by atoms with Crippen molar-refractivity contribution in [3.63, 3.8) is 0 Å². The van der Waals surface area contributed by atoms with Gasteiger partial charge < -0.3 is 20.4 Å². The Kier molecular flexibility index (Phi) is 10.4. The van der Waals surface area contributed by atoms with Crippen LogP contribution in [0.25, 0.3) is 0 Å². The van der Waals surface area contributed by atoms with E-state index in [9.17, 15) is 0 Å². The predicted molar refractivity (Wildman–Crippen MR) is 110 cm³/mol. The van der Waals surface area contributed by atoms with Gasteiger partial charge in [0.2, 0.25) is 0 Å². The Balaban J connectivity index is 2.31. The maximum absolute atomic E-state index is 4.78. The minimum absolute atomic E-state index is 0.395. The number of nitrogens with zero attached hydrogens (tertiary/aromatic N) is 3. The van der Waals surface area contributed by atoms with E-state index >= 15 is 0 Å². The molecule has 0 bridgehead atoms. The molecule has 148 valence electrons. The highest BCUT2D eigenvalue weighted by Gasteiger charge is 2.14. The van der Waals surface area contributed by atoms with E-state index in [1.54, 1.807) is 0 Å². The third kappa shape index (κ3) is 11.4. The van der Waals surface area contributed by atoms with Crippen LogP contribution in [0.3, 0.4) is 0 Å². The topological polar surface area (TPSA) is 42.9 Å². The molecule has 0 aromatic rings. The van der Waals surface area contributed by atoms with Crippen molar-refractivity contribution in [2.24, 2.45) is 10.4 Å². The fourth-order valence-electron chi connectivity index (χ4n) is 3.08. The number of guanidine groups is 1. The summed E-state index contributed by atoms with van der Waals surface area (Å²) in [6.45, 7) is 19.1. The summed E-state index contributed by atoms with van der Waals surface area (Å²) < 4.78 is 0. The van der Waals surface area contributed by atoms with Gasteiger partial charge in [0.25, 0.3) is 0 Å². The SMILES string of the molecule is CCNC(=NCCCN1CCCN(C)CC1)NC(C)CCC(C)(C)C. The molecule has 0 spiro atoms. The van der Waals surface area contributed by atoms with Gasteiger partial charge in [0, 0.05) is 32.2 Å². The highest BCUT2D eigenvalue weighted by atomic mass is 15.2. The standard InChI is InChI=1S/C20H43N5/c1-7-21-19(23-18(2)10-11-20(3,4)5)22-12-8-14-25-15-9-13-24(6)16-17-25/h18H,7-17H2,1-6H3,(H2,21,22,23). The Morgan fingerprint density at radius 3 is 2.60 bits per heavy atom. The first-order valence-corrected chi connectivity index (χ1v) is 10.3. The van der Waals surface area contributed by atoms with Crippen LogP contribution in [0.2, 0.25) is 0 Å². The van der Waals surface area contributed by atoms with E-state index in [0.29, 0.717) is 11.5 Å². The lowest BCUT2D eigenvalue weighted by Crippen LogP contribution is -2.42. The van der Waals surface area contributed by atoms with Gasteiger partial charge >= 0.3 is 0 Å². The molecule has 0 radical (unpaired) electrons. The van der Waals surface area contributed by atoms with E-state index in [-0.39, 0.29) is 0 Å². The summed E-state index contributed by atoms with van der Waals surface area (Å²) in [5, 5.41) is 6.95. The van der Waals surface area contributed by atoms with E-state index in [4.69, 9.17) is 4.99 Å². The monoisotopic (exact) mass is 353 g/mol. The van der Waals surface area contributed by atoms with Crippen LogP contribution in [0.15, 0.2) is 4.99 Å². The molecule has 2 N–H and O–H groups in total. The molecule has 0 aliphatic carbocycles. The molecule has 1 aliphatic rings. The summed E-state index contributed by atoms with van der Waals surface area (Å²) in [6, 6.07) is 0.457. The van der Waals surface area contributed by atoms with E-state index < -0.39 is 0 Å². The van der Waals surface area contributed by atoms with Crippen molar-refractivity contribution in [3.8, 4) is 0 Å². The quantitative estimate of drug-likeness (QED) is 0.400. The van der Waals surface area contributed by atoms with Gasteiger partial charge in [0.15, 0.2) is 5.96 Å². The van der Waals surface area contributed by atoms with Crippen LogP contribution in [-0.2, 0) is 0 Å². The lowest BCUT2D eigenvalue weighted by Gasteiger charge is -2.23. The Morgan fingerprint density at radius 2 is 1.92 bits per heavy atom. The number of hydrogen-bond acceptors (Lipinski definition) is 3. The first kappa shape index (κ1) is 22.2. The average molecular weight is 354 g/mol. The summed E-state index contributed by atoms with van der Waals surface area (Å²) in [7, 11) is 2.23. The molecule has 1 rings (SSSR count). The van der Waals surface area contributed by atoms with Crippen LogP contribution >= 0.6 is 0 Å². The molecule has 25 heavy (non-hydrogen) atoms. The molecule has 1 aliphatic heterocycles. The van der Waals surface area contributed by atoms with Gasteiger partial charge in [-0.2, -0.15) is 0 Å². The molecular formula is C20H43N5. The molecule has 1 heterocycles. The zero-order chi connectivity index (χ0) is 18.7. The molecule has 5 nitrogen and oxygen atoms in total. The third-order valence-electron chi connectivity index (χ3n) is 4.77. The molecule has 0 saturated carbocycles. The number of rotatable bonds is 8. The average Bonchev–Trinajstić information content (AvgIpc) is 2.73. The van der Waals surface area contributed by atoms with E-state index in [1.807, 2.05) is 0 Å². The van der Waals surface area contributed by atoms with Crippen molar-refractivity contribution >= 4 is 5.96 Å². The van der Waals surface area contributed by atoms with Gasteiger partial charge in [-0.1, -0.05) is 20.8 Å². The van der Waals surface area contributed by atoms with Crippen LogP contribution in [-0.4, -0.2) is 74.7 Å². The summed E-state index contributed by atoms with van der Waals surface area (Å²) in [4.78, 5) is 9.80. The number of hydrogen-bond donors (Lipinski definition) is 2. The minimum atomic E-state index is 0.395. The molecule has 1 fully saturated rings. The summed E-state index contributed by atoms with van der Waals surface area (Å²) in [6.07, 6.45) is 4.82. The van der Waals surface area contributed by atoms with Gasteiger partial charge in [-0.25, -0.2) is 0 Å². The minimum Gasteiger partial charge on any atom is -0.357 e. The molecule has 1 atom stereocenters. The predicted octanol–water partition coefficient (Wildman–Crippen LogP) is 2.78. The van der Waals surface area contributed by atoms with Crippen LogP contribution in [0, 0.1) is 5.41 Å². The van der Waals surface area contributed by atoms with Crippen molar-refractivity contribution in [3.05, 3.63) is 0 Å². The van der Waals surface area contributed by atoms with Crippen molar-refractivity contribution < 1.29 is 0 Å². The number of likely N-dealkylation sites (N-methyl/N-ethyl adjacent to an activating group) is 1. The Morgan fingerprint density at radius 1 is 1.16 bits per heavy atom. The molecule has 1 unspecified atom stereocenters. The van der Waals surface area contributed by atoms with Crippen LogP contribution in [0.4, 0.5) is 0 Å². The molecule has 0 aromatic heterocycles. The smallest absolute Gasteiger partial charge is 0.191 e. The second-order valence-electron chi connectivity index (χ2n) is 8.76. The number of aliphatic imine (C=N–C) groups is 1. The molecular weight excluding hydrogens is 310 g/mol. The van der Waals surface area contributed by atoms with Gasteiger partial charge in [0.05, 0.1) is 0 Å². The first-order valence-electron chi connectivity index (χ1n) is 10.3. The fraction of sp³-hybridized carbons (Fsp3) is 0.950. The van der Waals surface area contributed by atoms with Crippen molar-refractivity contribution in [2.75, 3.05) is 52.9 Å². The normalized spacial score (nSPS) is 19.5. The Labute approximate surface area is 156 Å². The summed E-state index contributed by atoms with van der Waals surface area (Å²) >= 11 is 0. The number of nitrogens with one attached hydrogen (secondary N) is 2. The largest absolute Gasteiger partial charge is 0.357 e. The lowest BCUT2D eigenvalue weighted by atomic mass is 9.89. The molecule has 0 aromatic carbocycles. The maximum atomic E-state index is 4.78. The first-order chi connectivity index (χ1) is 11.8. The van der Waals surface area contributed by atoms with Crippen molar-refractivity contribution in [1.29, 1.82) is 0 Å². The van der Waals surface area contributed by atoms with Gasteiger partial charge in [-0.05, 0) is 71.6 Å². The maximum Gasteiger partial charge on any atom is 0.191 e. The summed E-state index contributed by atoms with van der Waals surface area (Å²) in [5.41, 5.74) is 0.395. The van der Waals surface area contributed by atoms with Gasteiger partial charge in [-0.3, -0.25) is 4.99 Å². The van der Waals surface area contributed by atoms with Gasteiger partial charge in [-0.15, -0.1) is 0 Å². The summed E-state index contributed by atoms with van der Waals surface area (Å²) in [5.74, 6) is 0.972. The lowest BCUT2D eigenvalue weighted by molar-refractivity contribution is 0.275. The molecule has 5 heteroatoms. The van der Waals surface area contributed by atoms with E-state index in [1.165, 1.54) is 45.4 Å². The van der Waals surface area contributed by atoms with Crippen LogP contribution in [0.1, 0.15) is 60.3 Å². The molecule has 1 saturated heterocycles. The van der Waals surface area contributed by atoms with Gasteiger partial charge in [0.1, 0.15) is 0 Å². The second-order valence-corrected chi connectivity index (χ2v) is 8.76. The zero-order valence-electron chi connectivity index (χ0n) is 17.7. The van der Waals surface area contributed by atoms with Crippen LogP contribution < -0.4 is 10.6 Å². The Bertz CT molecular complexity index is 375. The second kappa shape index (κ2) is 11.7. The van der Waals surface area contributed by atoms with E-state index in [2.05, 4.69) is 62.1 Å². The van der Waals surface area contributed by atoms with Crippen LogP contribution in [0.5, 0.6) is 0 Å². The highest BCUT2D eigenvalue weighted by molar-refractivity contribution is 5.80. The zero-order valence-corrected chi connectivity index (χ0v) is 17.7. The highest BCUT2D eigenvalue weighted by Crippen LogP contribution is 2.21. The van der Waals surface area contributed by atoms with Crippen molar-refractivity contribution in [2.45, 2.75) is 66.3 Å². The van der Waals surface area contributed by atoms with Crippen molar-refractivity contribution in [1.82, 2.24) is 20.4 Å². The fourth-order valence-corrected chi connectivity index (χ4v) is 3.08. The van der Waals surface area contributed by atoms with E-state index in [0.717, 1.165) is 32.0 Å². The third-order valence-corrected chi connectivity index (χ3v) is 4.77. The molecule has 0 amide bonds.